The molecule has 1 aliphatic heterocycles. The Bertz CT molecular complexity index is 1660. The zero-order chi connectivity index (χ0) is 30.5. The molecule has 2 heterocycles. The number of nitrogens with one attached hydrogen (secondary N) is 1. The molecule has 5 rings (SSSR count). The lowest BCUT2D eigenvalue weighted by molar-refractivity contribution is -0.117. The second-order valence-corrected chi connectivity index (χ2v) is 11.1. The Morgan fingerprint density at radius 2 is 1.63 bits per heavy atom. The molecule has 0 bridgehead atoms. The molecule has 10 heteroatoms. The first-order valence-electron chi connectivity index (χ1n) is 14.4. The summed E-state index contributed by atoms with van der Waals surface area (Å²) in [6, 6.07) is 15.0. The first-order chi connectivity index (χ1) is 20.7. The molecule has 1 aromatic heterocycles. The number of nitrogens with zero attached hydrogens (tertiary/aromatic N) is 4. The van der Waals surface area contributed by atoms with Crippen molar-refractivity contribution in [3.8, 4) is 23.0 Å². The van der Waals surface area contributed by atoms with Gasteiger partial charge in [0.1, 0.15) is 5.75 Å². The molecule has 0 spiro atoms. The Labute approximate surface area is 251 Å². The van der Waals surface area contributed by atoms with E-state index in [1.807, 2.05) is 44.2 Å². The van der Waals surface area contributed by atoms with E-state index in [4.69, 9.17) is 14.2 Å². The van der Waals surface area contributed by atoms with Gasteiger partial charge in [0, 0.05) is 32.7 Å². The maximum Gasteiger partial charge on any atom is 0.261 e. The maximum atomic E-state index is 13.6. The molecule has 0 aliphatic carbocycles. The summed E-state index contributed by atoms with van der Waals surface area (Å²) in [6.45, 7) is 8.21. The number of hydrogen-bond donors (Lipinski definition) is 1. The number of amides is 1. The van der Waals surface area contributed by atoms with Crippen LogP contribution in [-0.2, 0) is 17.8 Å². The number of piperazine rings is 1. The van der Waals surface area contributed by atoms with Crippen molar-refractivity contribution in [1.82, 2.24) is 19.4 Å². The summed E-state index contributed by atoms with van der Waals surface area (Å²) in [5.41, 5.74) is 3.87. The second-order valence-electron chi connectivity index (χ2n) is 11.1. The highest BCUT2D eigenvalue weighted by atomic mass is 16.5. The first-order valence-corrected chi connectivity index (χ1v) is 14.4. The number of likely N-dealkylation sites (N-methyl/N-ethyl adjacent to an activating group) is 1. The lowest BCUT2D eigenvalue weighted by Gasteiger charge is -2.31. The smallest absolute Gasteiger partial charge is 0.261 e. The topological polar surface area (TPSA) is 98.2 Å². The predicted molar refractivity (Wildman–Crippen MR) is 168 cm³/mol. The zero-order valence-electron chi connectivity index (χ0n) is 25.5. The fourth-order valence-electron chi connectivity index (χ4n) is 5.33. The summed E-state index contributed by atoms with van der Waals surface area (Å²) >= 11 is 0. The molecule has 0 radical (unpaired) electrons. The van der Waals surface area contributed by atoms with Crippen molar-refractivity contribution < 1.29 is 19.0 Å². The number of aromatic nitrogens is 2. The van der Waals surface area contributed by atoms with Crippen LogP contribution in [-0.4, -0.2) is 79.2 Å². The van der Waals surface area contributed by atoms with Gasteiger partial charge in [0.2, 0.25) is 5.91 Å². The van der Waals surface area contributed by atoms with Crippen LogP contribution in [0.3, 0.4) is 0 Å². The van der Waals surface area contributed by atoms with Crippen molar-refractivity contribution in [2.75, 3.05) is 59.3 Å². The van der Waals surface area contributed by atoms with E-state index in [1.54, 1.807) is 37.2 Å². The van der Waals surface area contributed by atoms with Gasteiger partial charge in [-0.25, -0.2) is 4.98 Å². The molecule has 0 atom stereocenters. The van der Waals surface area contributed by atoms with Gasteiger partial charge in [-0.3, -0.25) is 19.1 Å². The van der Waals surface area contributed by atoms with Crippen LogP contribution >= 0.6 is 0 Å². The van der Waals surface area contributed by atoms with E-state index in [0.29, 0.717) is 52.6 Å². The summed E-state index contributed by atoms with van der Waals surface area (Å²) in [5.74, 6) is 2.17. The number of methoxy groups -OCH3 is 2. The van der Waals surface area contributed by atoms with Crippen molar-refractivity contribution in [3.05, 3.63) is 81.9 Å². The molecule has 1 N–H and O–H groups in total. The highest BCUT2D eigenvalue weighted by molar-refractivity contribution is 5.97. The predicted octanol–water partition coefficient (Wildman–Crippen LogP) is 4.25. The van der Waals surface area contributed by atoms with E-state index in [9.17, 15) is 9.59 Å². The van der Waals surface area contributed by atoms with Crippen LogP contribution in [0.4, 0.5) is 5.69 Å². The minimum absolute atomic E-state index is 0.141. The van der Waals surface area contributed by atoms with E-state index in [1.165, 1.54) is 0 Å². The number of hydrogen-bond acceptors (Lipinski definition) is 8. The number of benzene rings is 3. The normalized spacial score (nSPS) is 14.1. The molecule has 226 valence electrons. The number of aryl methyl sites for hydroxylation is 4. The lowest BCUT2D eigenvalue weighted by atomic mass is 10.1. The average molecular weight is 586 g/mol. The third-order valence-corrected chi connectivity index (χ3v) is 7.67. The largest absolute Gasteiger partial charge is 0.493 e. The third-order valence-electron chi connectivity index (χ3n) is 7.67. The van der Waals surface area contributed by atoms with Crippen molar-refractivity contribution >= 4 is 22.5 Å². The number of carbonyl (C=O) groups is 1. The van der Waals surface area contributed by atoms with Crippen LogP contribution < -0.4 is 25.1 Å². The molecule has 3 aromatic carbocycles. The minimum Gasteiger partial charge on any atom is -0.493 e. The number of fused-ring (bicyclic) bond motifs is 1. The Balaban J connectivity index is 1.43. The Morgan fingerprint density at radius 3 is 2.33 bits per heavy atom. The third kappa shape index (κ3) is 7.33. The quantitative estimate of drug-likeness (QED) is 0.295. The summed E-state index contributed by atoms with van der Waals surface area (Å²) in [5, 5.41) is 3.43. The van der Waals surface area contributed by atoms with Crippen LogP contribution in [0.5, 0.6) is 23.0 Å². The summed E-state index contributed by atoms with van der Waals surface area (Å²) in [4.78, 5) is 35.7. The van der Waals surface area contributed by atoms with E-state index in [-0.39, 0.29) is 18.0 Å². The Morgan fingerprint density at radius 1 is 0.907 bits per heavy atom. The second kappa shape index (κ2) is 13.3. The molecular formula is C33H39N5O5. The number of carbonyl (C=O) groups excluding carboxylic acids is 1. The van der Waals surface area contributed by atoms with Gasteiger partial charge in [-0.05, 0) is 80.4 Å². The molecular weight excluding hydrogens is 546 g/mol. The van der Waals surface area contributed by atoms with Crippen LogP contribution in [0.15, 0.2) is 59.7 Å². The maximum absolute atomic E-state index is 13.6. The number of ether oxygens (including phenoxy) is 3. The van der Waals surface area contributed by atoms with Gasteiger partial charge in [-0.15, -0.1) is 0 Å². The fourth-order valence-corrected chi connectivity index (χ4v) is 5.33. The van der Waals surface area contributed by atoms with Gasteiger partial charge in [0.05, 0.1) is 43.7 Å². The van der Waals surface area contributed by atoms with Crippen LogP contribution in [0.1, 0.15) is 16.7 Å². The Hall–Kier alpha value is -4.41. The van der Waals surface area contributed by atoms with Gasteiger partial charge in [-0.1, -0.05) is 12.1 Å². The van der Waals surface area contributed by atoms with E-state index in [0.717, 1.165) is 42.9 Å². The van der Waals surface area contributed by atoms with Crippen molar-refractivity contribution in [2.24, 2.45) is 0 Å². The van der Waals surface area contributed by atoms with E-state index >= 15 is 0 Å². The van der Waals surface area contributed by atoms with Crippen molar-refractivity contribution in [2.45, 2.75) is 26.8 Å². The Kier molecular flexibility index (Phi) is 9.27. The molecule has 1 amide bonds. The molecule has 1 saturated heterocycles. The molecule has 1 fully saturated rings. The summed E-state index contributed by atoms with van der Waals surface area (Å²) < 4.78 is 18.7. The van der Waals surface area contributed by atoms with E-state index < -0.39 is 0 Å². The van der Waals surface area contributed by atoms with E-state index in [2.05, 4.69) is 33.2 Å². The lowest BCUT2D eigenvalue weighted by Crippen LogP contribution is -2.47. The van der Waals surface area contributed by atoms with Gasteiger partial charge < -0.3 is 24.4 Å². The highest BCUT2D eigenvalue weighted by Crippen LogP contribution is 2.33. The first kappa shape index (κ1) is 30.1. The molecule has 1 aliphatic rings. The van der Waals surface area contributed by atoms with Gasteiger partial charge >= 0.3 is 0 Å². The molecule has 0 saturated carbocycles. The standard InChI is InChI=1S/C33H39N5O5/c1-22-14-23(2)16-25(15-22)43-30-18-26-27(19-28(30)35-32(39)20-37-12-10-36(3)11-13-37)34-21-38(33(26)40)9-8-24-6-7-29(41-4)31(17-24)42-5/h6-7,14-19,21H,8-13,20H2,1-5H3,(H,35,39). The van der Waals surface area contributed by atoms with Gasteiger partial charge in [0.25, 0.3) is 5.56 Å². The van der Waals surface area contributed by atoms with Gasteiger partial charge in [0.15, 0.2) is 17.2 Å². The zero-order valence-corrected chi connectivity index (χ0v) is 25.5. The molecule has 10 nitrogen and oxygen atoms in total. The van der Waals surface area contributed by atoms with Crippen LogP contribution in [0.2, 0.25) is 0 Å². The van der Waals surface area contributed by atoms with Crippen LogP contribution in [0, 0.1) is 13.8 Å². The molecule has 4 aromatic rings. The van der Waals surface area contributed by atoms with Crippen molar-refractivity contribution in [1.29, 1.82) is 0 Å². The highest BCUT2D eigenvalue weighted by Gasteiger charge is 2.19. The van der Waals surface area contributed by atoms with Gasteiger partial charge in [-0.2, -0.15) is 0 Å². The molecule has 43 heavy (non-hydrogen) atoms. The van der Waals surface area contributed by atoms with Crippen molar-refractivity contribution in [3.63, 3.8) is 0 Å². The summed E-state index contributed by atoms with van der Waals surface area (Å²) in [6.07, 6.45) is 2.14. The average Bonchev–Trinajstić information content (AvgIpc) is 2.98. The SMILES string of the molecule is COc1ccc(CCn2cnc3cc(NC(=O)CN4CCN(C)CC4)c(Oc4cc(C)cc(C)c4)cc3c2=O)cc1OC. The monoisotopic (exact) mass is 585 g/mol. The number of anilines is 1. The van der Waals surface area contributed by atoms with Crippen LogP contribution in [0.25, 0.3) is 10.9 Å². The fraction of sp³-hybridized carbons (Fsp3) is 0.364. The minimum atomic E-state index is -0.189. The molecule has 0 unspecified atom stereocenters. The summed E-state index contributed by atoms with van der Waals surface area (Å²) in [7, 11) is 5.28. The number of rotatable bonds is 10.